The lowest BCUT2D eigenvalue weighted by Crippen LogP contribution is -2.27. The minimum atomic E-state index is -0.163. The second kappa shape index (κ2) is 10.4. The van der Waals surface area contributed by atoms with Crippen molar-refractivity contribution in [2.75, 3.05) is 30.8 Å². The Morgan fingerprint density at radius 1 is 0.966 bits per heavy atom. The van der Waals surface area contributed by atoms with Crippen LogP contribution in [0.4, 0.5) is 17.5 Å². The fourth-order valence-corrected chi connectivity index (χ4v) is 2.38. The molecule has 0 saturated heterocycles. The van der Waals surface area contributed by atoms with Crippen LogP contribution >= 0.6 is 0 Å². The summed E-state index contributed by atoms with van der Waals surface area (Å²) in [5.41, 5.74) is 0.925. The van der Waals surface area contributed by atoms with Gasteiger partial charge < -0.3 is 20.7 Å². The number of aromatic nitrogens is 3. The van der Waals surface area contributed by atoms with Crippen LogP contribution in [0.1, 0.15) is 5.56 Å². The third kappa shape index (κ3) is 6.62. The van der Waals surface area contributed by atoms with Crippen molar-refractivity contribution in [3.8, 4) is 5.75 Å². The Kier molecular flexibility index (Phi) is 7.11. The molecule has 2 aromatic heterocycles. The highest BCUT2D eigenvalue weighted by Crippen LogP contribution is 2.12. The maximum absolute atomic E-state index is 11.9. The molecule has 0 aliphatic carbocycles. The van der Waals surface area contributed by atoms with Gasteiger partial charge in [0, 0.05) is 25.4 Å². The average molecular weight is 390 g/mol. The number of nitrogens with zero attached hydrogens (tertiary/aromatic N) is 3. The van der Waals surface area contributed by atoms with Crippen LogP contribution in [0, 0.1) is 0 Å². The van der Waals surface area contributed by atoms with Crippen LogP contribution in [-0.4, -0.2) is 41.3 Å². The van der Waals surface area contributed by atoms with Gasteiger partial charge in [0.15, 0.2) is 5.82 Å². The van der Waals surface area contributed by atoms with E-state index in [1.54, 1.807) is 25.4 Å². The number of pyridine rings is 1. The van der Waals surface area contributed by atoms with Crippen LogP contribution in [-0.2, 0) is 4.79 Å². The van der Waals surface area contributed by atoms with Crippen molar-refractivity contribution in [3.05, 3.63) is 72.4 Å². The topological polar surface area (TPSA) is 101 Å². The summed E-state index contributed by atoms with van der Waals surface area (Å²) in [4.78, 5) is 16.0. The number of benzene rings is 1. The summed E-state index contributed by atoms with van der Waals surface area (Å²) < 4.78 is 5.10. The smallest absolute Gasteiger partial charge is 0.244 e. The molecule has 3 N–H and O–H groups in total. The molecule has 0 spiro atoms. The number of amides is 1. The first-order chi connectivity index (χ1) is 14.2. The maximum Gasteiger partial charge on any atom is 0.244 e. The summed E-state index contributed by atoms with van der Waals surface area (Å²) in [7, 11) is 1.62. The molecular weight excluding hydrogens is 368 g/mol. The molecule has 8 heteroatoms. The van der Waals surface area contributed by atoms with Crippen LogP contribution < -0.4 is 20.7 Å². The Hall–Kier alpha value is -3.94. The Balaban J connectivity index is 1.37. The fraction of sp³-hybridized carbons (Fsp3) is 0.143. The van der Waals surface area contributed by atoms with Crippen LogP contribution in [0.3, 0.4) is 0 Å². The molecule has 0 bridgehead atoms. The number of hydrogen-bond donors (Lipinski definition) is 3. The van der Waals surface area contributed by atoms with Gasteiger partial charge in [-0.1, -0.05) is 18.2 Å². The zero-order valence-electron chi connectivity index (χ0n) is 16.0. The molecule has 3 aromatic rings. The number of anilines is 3. The first-order valence-electron chi connectivity index (χ1n) is 9.08. The van der Waals surface area contributed by atoms with Crippen molar-refractivity contribution >= 4 is 29.4 Å². The third-order valence-electron chi connectivity index (χ3n) is 3.86. The molecule has 1 amide bonds. The van der Waals surface area contributed by atoms with E-state index in [0.717, 1.165) is 11.3 Å². The van der Waals surface area contributed by atoms with Gasteiger partial charge in [0.1, 0.15) is 17.4 Å². The quantitative estimate of drug-likeness (QED) is 0.381. The lowest BCUT2D eigenvalue weighted by molar-refractivity contribution is -0.116. The van der Waals surface area contributed by atoms with E-state index in [0.29, 0.717) is 30.5 Å². The van der Waals surface area contributed by atoms with Gasteiger partial charge in [-0.25, -0.2) is 4.98 Å². The largest absolute Gasteiger partial charge is 0.497 e. The molecule has 0 radical (unpaired) electrons. The summed E-state index contributed by atoms with van der Waals surface area (Å²) in [6.45, 7) is 0.991. The number of ether oxygens (including phenoxy) is 1. The zero-order chi connectivity index (χ0) is 20.3. The van der Waals surface area contributed by atoms with E-state index in [1.807, 2.05) is 48.5 Å². The third-order valence-corrected chi connectivity index (χ3v) is 3.86. The molecule has 0 unspecified atom stereocenters. The normalized spacial score (nSPS) is 10.5. The van der Waals surface area contributed by atoms with Gasteiger partial charge in [-0.2, -0.15) is 0 Å². The molecule has 0 aliphatic rings. The Morgan fingerprint density at radius 3 is 2.45 bits per heavy atom. The zero-order valence-corrected chi connectivity index (χ0v) is 16.0. The molecule has 1 aromatic carbocycles. The highest BCUT2D eigenvalue weighted by Gasteiger charge is 2.00. The van der Waals surface area contributed by atoms with E-state index < -0.39 is 0 Å². The number of methoxy groups -OCH3 is 1. The monoisotopic (exact) mass is 390 g/mol. The van der Waals surface area contributed by atoms with Gasteiger partial charge in [0.05, 0.1) is 7.11 Å². The first kappa shape index (κ1) is 19.8. The van der Waals surface area contributed by atoms with E-state index in [-0.39, 0.29) is 5.91 Å². The number of carbonyl (C=O) groups is 1. The predicted molar refractivity (Wildman–Crippen MR) is 113 cm³/mol. The predicted octanol–water partition coefficient (Wildman–Crippen LogP) is 2.87. The molecule has 2 heterocycles. The Morgan fingerprint density at radius 2 is 1.76 bits per heavy atom. The number of rotatable bonds is 9. The van der Waals surface area contributed by atoms with Gasteiger partial charge in [0.25, 0.3) is 0 Å². The summed E-state index contributed by atoms with van der Waals surface area (Å²) in [6.07, 6.45) is 4.95. The molecular formula is C21H22N6O2. The fourth-order valence-electron chi connectivity index (χ4n) is 2.38. The molecule has 0 saturated carbocycles. The molecule has 0 atom stereocenters. The number of nitrogens with one attached hydrogen (secondary N) is 3. The van der Waals surface area contributed by atoms with Crippen LogP contribution in [0.25, 0.3) is 6.08 Å². The molecule has 3 rings (SSSR count). The Bertz CT molecular complexity index is 928. The van der Waals surface area contributed by atoms with Crippen molar-refractivity contribution in [1.82, 2.24) is 20.5 Å². The summed E-state index contributed by atoms with van der Waals surface area (Å²) in [5.74, 6) is 2.55. The summed E-state index contributed by atoms with van der Waals surface area (Å²) in [5, 5.41) is 17.2. The number of hydrogen-bond acceptors (Lipinski definition) is 7. The minimum absolute atomic E-state index is 0.163. The van der Waals surface area contributed by atoms with Crippen LogP contribution in [0.5, 0.6) is 5.75 Å². The summed E-state index contributed by atoms with van der Waals surface area (Å²) in [6, 6.07) is 16.7. The lowest BCUT2D eigenvalue weighted by atomic mass is 10.2. The minimum Gasteiger partial charge on any atom is -0.497 e. The lowest BCUT2D eigenvalue weighted by Gasteiger charge is -2.07. The van der Waals surface area contributed by atoms with Crippen molar-refractivity contribution in [3.63, 3.8) is 0 Å². The standard InChI is InChI=1S/C21H22N6O2/c1-29-17-8-5-16(6-9-17)7-12-21(28)24-15-14-23-19-10-11-20(27-26-19)25-18-4-2-3-13-22-18/h2-13H,14-15H2,1H3,(H,23,26)(H,24,28)(H,22,25,27)/b12-7+. The second-order valence-corrected chi connectivity index (χ2v) is 5.97. The maximum atomic E-state index is 11.9. The van der Waals surface area contributed by atoms with E-state index >= 15 is 0 Å². The van der Waals surface area contributed by atoms with E-state index in [1.165, 1.54) is 6.08 Å². The Labute approximate surface area is 169 Å². The van der Waals surface area contributed by atoms with Gasteiger partial charge in [-0.15, -0.1) is 10.2 Å². The highest BCUT2D eigenvalue weighted by molar-refractivity contribution is 5.91. The van der Waals surface area contributed by atoms with E-state index in [2.05, 4.69) is 31.1 Å². The highest BCUT2D eigenvalue weighted by atomic mass is 16.5. The van der Waals surface area contributed by atoms with Crippen LogP contribution in [0.15, 0.2) is 66.9 Å². The molecule has 29 heavy (non-hydrogen) atoms. The SMILES string of the molecule is COc1ccc(/C=C/C(=O)NCCNc2ccc(Nc3ccccn3)nn2)cc1. The number of carbonyl (C=O) groups excluding carboxylic acids is 1. The second-order valence-electron chi connectivity index (χ2n) is 5.97. The van der Waals surface area contributed by atoms with Crippen molar-refractivity contribution < 1.29 is 9.53 Å². The summed E-state index contributed by atoms with van der Waals surface area (Å²) >= 11 is 0. The molecule has 0 aliphatic heterocycles. The average Bonchev–Trinajstić information content (AvgIpc) is 2.77. The van der Waals surface area contributed by atoms with Gasteiger partial charge in [-0.3, -0.25) is 4.79 Å². The van der Waals surface area contributed by atoms with Gasteiger partial charge >= 0.3 is 0 Å². The molecule has 8 nitrogen and oxygen atoms in total. The van der Waals surface area contributed by atoms with E-state index in [4.69, 9.17) is 4.74 Å². The van der Waals surface area contributed by atoms with Gasteiger partial charge in [-0.05, 0) is 48.0 Å². The van der Waals surface area contributed by atoms with E-state index in [9.17, 15) is 4.79 Å². The van der Waals surface area contributed by atoms with Crippen molar-refractivity contribution in [2.45, 2.75) is 0 Å². The molecule has 0 fully saturated rings. The van der Waals surface area contributed by atoms with Gasteiger partial charge in [0.2, 0.25) is 5.91 Å². The van der Waals surface area contributed by atoms with Crippen LogP contribution in [0.2, 0.25) is 0 Å². The van der Waals surface area contributed by atoms with Crippen molar-refractivity contribution in [1.29, 1.82) is 0 Å². The molecule has 148 valence electrons. The van der Waals surface area contributed by atoms with Crippen molar-refractivity contribution in [2.24, 2.45) is 0 Å². The first-order valence-corrected chi connectivity index (χ1v) is 9.08.